The van der Waals surface area contributed by atoms with Gasteiger partial charge in [-0.3, -0.25) is 0 Å². The molecule has 0 aliphatic heterocycles. The minimum absolute atomic E-state index is 0.776. The molecule has 25 heavy (non-hydrogen) atoms. The third-order valence-corrected chi connectivity index (χ3v) is 5.16. The van der Waals surface area contributed by atoms with E-state index in [1.165, 1.54) is 49.0 Å². The van der Waals surface area contributed by atoms with Crippen LogP contribution in [0.15, 0.2) is 35.7 Å². The molecule has 0 spiro atoms. The zero-order chi connectivity index (χ0) is 17.7. The van der Waals surface area contributed by atoms with E-state index < -0.39 is 0 Å². The molecular formula is C22H32O2S. The summed E-state index contributed by atoms with van der Waals surface area (Å²) in [5, 5.41) is 2.11. The van der Waals surface area contributed by atoms with E-state index in [2.05, 4.69) is 49.6 Å². The smallest absolute Gasteiger partial charge is 0.131 e. The topological polar surface area (TPSA) is 18.5 Å². The first-order valence-corrected chi connectivity index (χ1v) is 10.7. The molecule has 0 atom stereocenters. The summed E-state index contributed by atoms with van der Waals surface area (Å²) in [7, 11) is 0. The third-order valence-electron chi connectivity index (χ3n) is 4.26. The van der Waals surface area contributed by atoms with Crippen molar-refractivity contribution >= 4 is 11.3 Å². The zero-order valence-corrected chi connectivity index (χ0v) is 16.6. The number of benzene rings is 1. The van der Waals surface area contributed by atoms with Gasteiger partial charge in [0.2, 0.25) is 0 Å². The molecule has 2 nitrogen and oxygen atoms in total. The van der Waals surface area contributed by atoms with Crippen LogP contribution in [0.25, 0.3) is 10.4 Å². The molecule has 0 fully saturated rings. The van der Waals surface area contributed by atoms with Crippen molar-refractivity contribution in [2.24, 2.45) is 0 Å². The fourth-order valence-electron chi connectivity index (χ4n) is 2.78. The fraction of sp³-hybridized carbons (Fsp3) is 0.545. The van der Waals surface area contributed by atoms with Crippen LogP contribution in [0, 0.1) is 0 Å². The van der Waals surface area contributed by atoms with E-state index >= 15 is 0 Å². The van der Waals surface area contributed by atoms with Gasteiger partial charge >= 0.3 is 0 Å². The van der Waals surface area contributed by atoms with E-state index in [9.17, 15) is 0 Å². The van der Waals surface area contributed by atoms with Crippen LogP contribution in [0.2, 0.25) is 0 Å². The highest BCUT2D eigenvalue weighted by Gasteiger charge is 2.09. The van der Waals surface area contributed by atoms with Gasteiger partial charge in [-0.1, -0.05) is 58.4 Å². The van der Waals surface area contributed by atoms with Crippen molar-refractivity contribution in [1.29, 1.82) is 0 Å². The van der Waals surface area contributed by atoms with Crippen molar-refractivity contribution in [2.45, 2.75) is 65.2 Å². The molecular weight excluding hydrogens is 328 g/mol. The van der Waals surface area contributed by atoms with Crippen molar-refractivity contribution in [3.63, 3.8) is 0 Å². The summed E-state index contributed by atoms with van der Waals surface area (Å²) in [5.41, 5.74) is 1.17. The summed E-state index contributed by atoms with van der Waals surface area (Å²) >= 11 is 1.75. The van der Waals surface area contributed by atoms with Gasteiger partial charge in [-0.15, -0.1) is 11.3 Å². The molecule has 2 aromatic rings. The quantitative estimate of drug-likeness (QED) is 0.348. The molecule has 1 aromatic carbocycles. The van der Waals surface area contributed by atoms with Crippen LogP contribution in [0.3, 0.4) is 0 Å². The molecule has 0 radical (unpaired) electrons. The number of rotatable bonds is 13. The Bertz CT molecular complexity index is 578. The summed E-state index contributed by atoms with van der Waals surface area (Å²) in [6, 6.07) is 10.5. The van der Waals surface area contributed by atoms with E-state index in [1.807, 2.05) is 0 Å². The second-order valence-corrected chi connectivity index (χ2v) is 7.40. The van der Waals surface area contributed by atoms with Gasteiger partial charge in [-0.25, -0.2) is 0 Å². The minimum atomic E-state index is 0.776. The molecule has 3 heteroatoms. The monoisotopic (exact) mass is 360 g/mol. The SMILES string of the molecule is CCCCCCOc1ccc(-c2cccs2)c(OCCCCCC)c1. The highest BCUT2D eigenvalue weighted by atomic mass is 32.1. The van der Waals surface area contributed by atoms with Gasteiger partial charge in [0.1, 0.15) is 11.5 Å². The first-order chi connectivity index (χ1) is 12.3. The van der Waals surface area contributed by atoms with Gasteiger partial charge in [-0.2, -0.15) is 0 Å². The number of thiophene rings is 1. The summed E-state index contributed by atoms with van der Waals surface area (Å²) in [6.07, 6.45) is 9.78. The maximum atomic E-state index is 6.12. The van der Waals surface area contributed by atoms with Gasteiger partial charge in [-0.05, 0) is 36.4 Å². The van der Waals surface area contributed by atoms with Crippen LogP contribution >= 0.6 is 11.3 Å². The molecule has 1 heterocycles. The summed E-state index contributed by atoms with van der Waals surface area (Å²) in [6.45, 7) is 6.03. The highest BCUT2D eigenvalue weighted by Crippen LogP contribution is 2.36. The van der Waals surface area contributed by atoms with Crippen LogP contribution in [-0.4, -0.2) is 13.2 Å². The lowest BCUT2D eigenvalue weighted by Gasteiger charge is -2.13. The van der Waals surface area contributed by atoms with E-state index in [0.29, 0.717) is 0 Å². The van der Waals surface area contributed by atoms with Crippen LogP contribution < -0.4 is 9.47 Å². The Morgan fingerprint density at radius 1 is 0.800 bits per heavy atom. The average Bonchev–Trinajstić information content (AvgIpc) is 3.16. The number of hydrogen-bond acceptors (Lipinski definition) is 3. The predicted octanol–water partition coefficient (Wildman–Crippen LogP) is 7.33. The van der Waals surface area contributed by atoms with Gasteiger partial charge in [0.25, 0.3) is 0 Å². The predicted molar refractivity (Wildman–Crippen MR) is 109 cm³/mol. The second kappa shape index (κ2) is 12.0. The molecule has 0 bridgehead atoms. The standard InChI is InChI=1S/C22H32O2S/c1-3-5-7-9-15-23-19-13-14-20(22-12-11-17-25-22)21(18-19)24-16-10-8-6-4-2/h11-14,17-18H,3-10,15-16H2,1-2H3. The lowest BCUT2D eigenvalue weighted by Crippen LogP contribution is -2.01. The normalized spacial score (nSPS) is 10.8. The van der Waals surface area contributed by atoms with Crippen LogP contribution in [0.5, 0.6) is 11.5 Å². The Hall–Kier alpha value is -1.48. The van der Waals surface area contributed by atoms with E-state index in [1.54, 1.807) is 11.3 Å². The van der Waals surface area contributed by atoms with Crippen LogP contribution in [0.4, 0.5) is 0 Å². The molecule has 1 aromatic heterocycles. The zero-order valence-electron chi connectivity index (χ0n) is 15.8. The second-order valence-electron chi connectivity index (χ2n) is 6.45. The maximum Gasteiger partial charge on any atom is 0.131 e. The molecule has 0 aliphatic rings. The Morgan fingerprint density at radius 2 is 1.52 bits per heavy atom. The van der Waals surface area contributed by atoms with Crippen molar-refractivity contribution in [2.75, 3.05) is 13.2 Å². The molecule has 0 unspecified atom stereocenters. The largest absolute Gasteiger partial charge is 0.493 e. The van der Waals surface area contributed by atoms with Crippen molar-refractivity contribution in [1.82, 2.24) is 0 Å². The molecule has 138 valence electrons. The Kier molecular flexibility index (Phi) is 9.50. The maximum absolute atomic E-state index is 6.12. The lowest BCUT2D eigenvalue weighted by molar-refractivity contribution is 0.291. The molecule has 0 saturated carbocycles. The van der Waals surface area contributed by atoms with E-state index in [4.69, 9.17) is 9.47 Å². The van der Waals surface area contributed by atoms with Crippen molar-refractivity contribution in [3.05, 3.63) is 35.7 Å². The van der Waals surface area contributed by atoms with Crippen LogP contribution in [0.1, 0.15) is 65.2 Å². The van der Waals surface area contributed by atoms with E-state index in [0.717, 1.165) is 37.6 Å². The lowest BCUT2D eigenvalue weighted by atomic mass is 10.1. The third kappa shape index (κ3) is 7.11. The van der Waals surface area contributed by atoms with Gasteiger partial charge in [0.05, 0.1) is 13.2 Å². The van der Waals surface area contributed by atoms with E-state index in [-0.39, 0.29) is 0 Å². The van der Waals surface area contributed by atoms with Gasteiger partial charge in [0, 0.05) is 16.5 Å². The van der Waals surface area contributed by atoms with Gasteiger partial charge < -0.3 is 9.47 Å². The highest BCUT2D eigenvalue weighted by molar-refractivity contribution is 7.13. The van der Waals surface area contributed by atoms with Crippen LogP contribution in [-0.2, 0) is 0 Å². The first kappa shape index (κ1) is 19.8. The Labute approximate surface area is 157 Å². The molecule has 0 saturated heterocycles. The summed E-state index contributed by atoms with van der Waals surface area (Å²) < 4.78 is 12.1. The minimum Gasteiger partial charge on any atom is -0.493 e. The van der Waals surface area contributed by atoms with Gasteiger partial charge in [0.15, 0.2) is 0 Å². The molecule has 0 aliphatic carbocycles. The number of ether oxygens (including phenoxy) is 2. The fourth-order valence-corrected chi connectivity index (χ4v) is 3.53. The Morgan fingerprint density at radius 3 is 2.16 bits per heavy atom. The summed E-state index contributed by atoms with van der Waals surface area (Å²) in [4.78, 5) is 1.25. The molecule has 0 N–H and O–H groups in total. The average molecular weight is 361 g/mol. The molecule has 2 rings (SSSR count). The Balaban J connectivity index is 1.96. The molecule has 0 amide bonds. The van der Waals surface area contributed by atoms with Crippen molar-refractivity contribution in [3.8, 4) is 21.9 Å². The van der Waals surface area contributed by atoms with Crippen molar-refractivity contribution < 1.29 is 9.47 Å². The number of unbranched alkanes of at least 4 members (excludes halogenated alkanes) is 6. The number of hydrogen-bond donors (Lipinski definition) is 0. The summed E-state index contributed by atoms with van der Waals surface area (Å²) in [5.74, 6) is 1.87. The first-order valence-electron chi connectivity index (χ1n) is 9.78.